The van der Waals surface area contributed by atoms with E-state index in [2.05, 4.69) is 22.4 Å². The Morgan fingerprint density at radius 1 is 1.67 bits per heavy atom. The summed E-state index contributed by atoms with van der Waals surface area (Å²) in [6, 6.07) is 0. The van der Waals surface area contributed by atoms with Crippen LogP contribution in [0, 0.1) is 5.92 Å². The maximum Gasteiger partial charge on any atom is 0.269 e. The third-order valence-corrected chi connectivity index (χ3v) is 2.15. The molecule has 0 fully saturated rings. The van der Waals surface area contributed by atoms with Gasteiger partial charge >= 0.3 is 0 Å². The molecular weight excluding hydrogens is 154 g/mol. The summed E-state index contributed by atoms with van der Waals surface area (Å²) in [4.78, 5) is 11.3. The highest BCUT2D eigenvalue weighted by Gasteiger charge is 2.16. The van der Waals surface area contributed by atoms with E-state index in [1.165, 1.54) is 0 Å². The Kier molecular flexibility index (Phi) is 1.60. The second-order valence-corrected chi connectivity index (χ2v) is 3.28. The molecule has 1 unspecified atom stereocenters. The first-order valence-electron chi connectivity index (χ1n) is 4.08. The van der Waals surface area contributed by atoms with E-state index in [0.717, 1.165) is 24.2 Å². The molecule has 4 heteroatoms. The van der Waals surface area contributed by atoms with Crippen molar-refractivity contribution in [1.82, 2.24) is 10.2 Å². The third-order valence-electron chi connectivity index (χ3n) is 2.15. The quantitative estimate of drug-likeness (QED) is 0.584. The lowest BCUT2D eigenvalue weighted by atomic mass is 9.98. The number of hydrogen-bond acceptors (Lipinski definition) is 3. The SMILES string of the molecule is CC1CNc2cn[nH]c(=O)c2C1. The maximum absolute atomic E-state index is 11.3. The summed E-state index contributed by atoms with van der Waals surface area (Å²) in [5.41, 5.74) is 1.66. The number of aromatic nitrogens is 2. The molecule has 0 spiro atoms. The molecule has 0 saturated heterocycles. The fraction of sp³-hybridized carbons (Fsp3) is 0.500. The van der Waals surface area contributed by atoms with Crippen LogP contribution >= 0.6 is 0 Å². The lowest BCUT2D eigenvalue weighted by Crippen LogP contribution is -2.27. The van der Waals surface area contributed by atoms with Crippen LogP contribution in [0.1, 0.15) is 12.5 Å². The number of hydrogen-bond donors (Lipinski definition) is 2. The van der Waals surface area contributed by atoms with Crippen LogP contribution in [0.3, 0.4) is 0 Å². The first-order valence-corrected chi connectivity index (χ1v) is 4.08. The van der Waals surface area contributed by atoms with E-state index in [1.54, 1.807) is 6.20 Å². The molecular formula is C8H11N3O. The minimum Gasteiger partial charge on any atom is -0.383 e. The standard InChI is InChI=1S/C8H11N3O/c1-5-2-6-7(9-3-5)4-10-11-8(6)12/h4-5,9H,2-3H2,1H3,(H,11,12). The lowest BCUT2D eigenvalue weighted by molar-refractivity contribution is 0.587. The Balaban J connectivity index is 2.50. The summed E-state index contributed by atoms with van der Waals surface area (Å²) in [6.45, 7) is 3.05. The van der Waals surface area contributed by atoms with Gasteiger partial charge in [-0.3, -0.25) is 4.79 Å². The Morgan fingerprint density at radius 2 is 2.50 bits per heavy atom. The van der Waals surface area contributed by atoms with Gasteiger partial charge < -0.3 is 5.32 Å². The van der Waals surface area contributed by atoms with E-state index in [9.17, 15) is 4.79 Å². The summed E-state index contributed by atoms with van der Waals surface area (Å²) < 4.78 is 0. The second-order valence-electron chi connectivity index (χ2n) is 3.28. The van der Waals surface area contributed by atoms with Gasteiger partial charge in [0.15, 0.2) is 0 Å². The first kappa shape index (κ1) is 7.34. The van der Waals surface area contributed by atoms with Crippen molar-refractivity contribution in [2.24, 2.45) is 5.92 Å². The van der Waals surface area contributed by atoms with Gasteiger partial charge in [-0.25, -0.2) is 5.10 Å². The minimum atomic E-state index is -0.0634. The van der Waals surface area contributed by atoms with E-state index < -0.39 is 0 Å². The van der Waals surface area contributed by atoms with Crippen LogP contribution in [-0.2, 0) is 6.42 Å². The van der Waals surface area contributed by atoms with Gasteiger partial charge in [0.2, 0.25) is 0 Å². The number of fused-ring (bicyclic) bond motifs is 1. The van der Waals surface area contributed by atoms with Crippen LogP contribution in [0.4, 0.5) is 5.69 Å². The Hall–Kier alpha value is -1.32. The average molecular weight is 165 g/mol. The summed E-state index contributed by atoms with van der Waals surface area (Å²) in [6.07, 6.45) is 2.52. The van der Waals surface area contributed by atoms with Gasteiger partial charge in [0.05, 0.1) is 11.9 Å². The Labute approximate surface area is 70.0 Å². The number of nitrogens with one attached hydrogen (secondary N) is 2. The molecule has 0 bridgehead atoms. The van der Waals surface area contributed by atoms with Gasteiger partial charge in [-0.05, 0) is 12.3 Å². The smallest absolute Gasteiger partial charge is 0.269 e. The van der Waals surface area contributed by atoms with Gasteiger partial charge in [0.25, 0.3) is 5.56 Å². The van der Waals surface area contributed by atoms with Crippen LogP contribution in [0.5, 0.6) is 0 Å². The van der Waals surface area contributed by atoms with Crippen LogP contribution < -0.4 is 10.9 Å². The molecule has 0 aliphatic carbocycles. The zero-order chi connectivity index (χ0) is 8.55. The molecule has 1 aliphatic rings. The molecule has 0 radical (unpaired) electrons. The van der Waals surface area contributed by atoms with E-state index >= 15 is 0 Å². The minimum absolute atomic E-state index is 0.0634. The van der Waals surface area contributed by atoms with Crippen LogP contribution in [0.15, 0.2) is 11.0 Å². The summed E-state index contributed by atoms with van der Waals surface area (Å²) in [5, 5.41) is 9.33. The lowest BCUT2D eigenvalue weighted by Gasteiger charge is -2.21. The van der Waals surface area contributed by atoms with Gasteiger partial charge in [-0.15, -0.1) is 0 Å². The number of H-pyrrole nitrogens is 1. The largest absolute Gasteiger partial charge is 0.383 e. The topological polar surface area (TPSA) is 57.8 Å². The van der Waals surface area contributed by atoms with Crippen molar-refractivity contribution in [3.8, 4) is 0 Å². The summed E-state index contributed by atoms with van der Waals surface area (Å²) in [7, 11) is 0. The van der Waals surface area contributed by atoms with Crippen molar-refractivity contribution in [2.75, 3.05) is 11.9 Å². The zero-order valence-electron chi connectivity index (χ0n) is 6.92. The first-order chi connectivity index (χ1) is 5.77. The van der Waals surface area contributed by atoms with Crippen molar-refractivity contribution in [3.05, 3.63) is 22.1 Å². The Bertz CT molecular complexity index is 344. The highest BCUT2D eigenvalue weighted by molar-refractivity contribution is 5.49. The summed E-state index contributed by atoms with van der Waals surface area (Å²) in [5.74, 6) is 0.529. The third kappa shape index (κ3) is 1.09. The molecule has 12 heavy (non-hydrogen) atoms. The van der Waals surface area contributed by atoms with Crippen molar-refractivity contribution in [3.63, 3.8) is 0 Å². The molecule has 1 aliphatic heterocycles. The monoisotopic (exact) mass is 165 g/mol. The van der Waals surface area contributed by atoms with Gasteiger partial charge in [-0.2, -0.15) is 5.10 Å². The average Bonchev–Trinajstić information content (AvgIpc) is 2.07. The number of anilines is 1. The van der Waals surface area contributed by atoms with Crippen LogP contribution in [0.25, 0.3) is 0 Å². The zero-order valence-corrected chi connectivity index (χ0v) is 6.92. The van der Waals surface area contributed by atoms with Gasteiger partial charge in [0, 0.05) is 12.1 Å². The molecule has 2 heterocycles. The van der Waals surface area contributed by atoms with Gasteiger partial charge in [0.1, 0.15) is 0 Å². The van der Waals surface area contributed by atoms with Crippen molar-refractivity contribution < 1.29 is 0 Å². The molecule has 64 valence electrons. The molecule has 1 aromatic rings. The molecule has 1 aromatic heterocycles. The molecule has 1 atom stereocenters. The second kappa shape index (κ2) is 2.62. The van der Waals surface area contributed by atoms with Crippen molar-refractivity contribution in [2.45, 2.75) is 13.3 Å². The molecule has 0 aromatic carbocycles. The highest BCUT2D eigenvalue weighted by atomic mass is 16.1. The molecule has 0 saturated carbocycles. The van der Waals surface area contributed by atoms with Crippen LogP contribution in [0.2, 0.25) is 0 Å². The maximum atomic E-state index is 11.3. The number of rotatable bonds is 0. The fourth-order valence-corrected chi connectivity index (χ4v) is 1.48. The predicted molar refractivity (Wildman–Crippen MR) is 46.2 cm³/mol. The summed E-state index contributed by atoms with van der Waals surface area (Å²) >= 11 is 0. The van der Waals surface area contributed by atoms with E-state index in [4.69, 9.17) is 0 Å². The Morgan fingerprint density at radius 3 is 3.33 bits per heavy atom. The van der Waals surface area contributed by atoms with Crippen LogP contribution in [-0.4, -0.2) is 16.7 Å². The van der Waals surface area contributed by atoms with Crippen molar-refractivity contribution in [1.29, 1.82) is 0 Å². The molecule has 2 N–H and O–H groups in total. The predicted octanol–water partition coefficient (Wildman–Crippen LogP) is 0.374. The normalized spacial score (nSPS) is 21.2. The molecule has 0 amide bonds. The highest BCUT2D eigenvalue weighted by Crippen LogP contribution is 2.19. The van der Waals surface area contributed by atoms with Gasteiger partial charge in [-0.1, -0.05) is 6.92 Å². The van der Waals surface area contributed by atoms with E-state index in [-0.39, 0.29) is 5.56 Å². The molecule has 2 rings (SSSR count). The molecule has 4 nitrogen and oxygen atoms in total. The van der Waals surface area contributed by atoms with Crippen molar-refractivity contribution >= 4 is 5.69 Å². The number of aromatic amines is 1. The number of nitrogens with zero attached hydrogens (tertiary/aromatic N) is 1. The fourth-order valence-electron chi connectivity index (χ4n) is 1.48. The van der Waals surface area contributed by atoms with E-state index in [1.807, 2.05) is 0 Å². The van der Waals surface area contributed by atoms with E-state index in [0.29, 0.717) is 5.92 Å².